The van der Waals surface area contributed by atoms with E-state index in [0.717, 1.165) is 18.4 Å². The lowest BCUT2D eigenvalue weighted by Gasteiger charge is -2.23. The van der Waals surface area contributed by atoms with E-state index in [1.807, 2.05) is 18.2 Å². The Morgan fingerprint density at radius 1 is 1.21 bits per heavy atom. The van der Waals surface area contributed by atoms with Gasteiger partial charge in [0.05, 0.1) is 20.8 Å². The first-order valence-corrected chi connectivity index (χ1v) is 9.23. The highest BCUT2D eigenvalue weighted by molar-refractivity contribution is 5.99. The fourth-order valence-corrected chi connectivity index (χ4v) is 3.49. The predicted octanol–water partition coefficient (Wildman–Crippen LogP) is 4.70. The molecule has 1 aliphatic rings. The molecule has 0 aliphatic heterocycles. The summed E-state index contributed by atoms with van der Waals surface area (Å²) in [6, 6.07) is 10.4. The van der Waals surface area contributed by atoms with Crippen molar-refractivity contribution in [1.29, 1.82) is 0 Å². The van der Waals surface area contributed by atoms with Gasteiger partial charge >= 0.3 is 0 Å². The first-order valence-electron chi connectivity index (χ1n) is 9.23. The van der Waals surface area contributed by atoms with Crippen molar-refractivity contribution < 1.29 is 23.1 Å². The number of fused-ring (bicyclic) bond motifs is 1. The van der Waals surface area contributed by atoms with Gasteiger partial charge in [0.15, 0.2) is 17.2 Å². The number of nitrogens with zero attached hydrogens (tertiary/aromatic N) is 1. The van der Waals surface area contributed by atoms with Crippen molar-refractivity contribution in [3.63, 3.8) is 0 Å². The summed E-state index contributed by atoms with van der Waals surface area (Å²) in [4.78, 5) is 15.1. The standard InChI is InChI=1S/C22H22FNO4/c1-13-17-5-4-6-18(23)21(17)28-20(13)22(25)24(15-7-8-15)12-14-11-16(26-2)9-10-19(14)27-3/h4-6,9-11,15H,7-8,12H2,1-3H3. The number of amides is 1. The summed E-state index contributed by atoms with van der Waals surface area (Å²) in [7, 11) is 3.20. The maximum atomic E-state index is 14.1. The topological polar surface area (TPSA) is 51.9 Å². The first-order chi connectivity index (χ1) is 13.5. The van der Waals surface area contributed by atoms with Crippen LogP contribution in [0.15, 0.2) is 40.8 Å². The molecule has 0 radical (unpaired) electrons. The van der Waals surface area contributed by atoms with Crippen molar-refractivity contribution in [3.05, 3.63) is 59.1 Å². The van der Waals surface area contributed by atoms with Crippen LogP contribution in [0.5, 0.6) is 11.5 Å². The van der Waals surface area contributed by atoms with Crippen LogP contribution in [0.2, 0.25) is 0 Å². The van der Waals surface area contributed by atoms with Gasteiger partial charge in [0.25, 0.3) is 5.91 Å². The highest BCUT2D eigenvalue weighted by atomic mass is 19.1. The highest BCUT2D eigenvalue weighted by Crippen LogP contribution is 2.35. The molecule has 146 valence electrons. The van der Waals surface area contributed by atoms with Gasteiger partial charge in [0.1, 0.15) is 11.5 Å². The van der Waals surface area contributed by atoms with E-state index in [2.05, 4.69) is 0 Å². The Morgan fingerprint density at radius 3 is 2.64 bits per heavy atom. The summed E-state index contributed by atoms with van der Waals surface area (Å²) in [5, 5.41) is 0.623. The molecule has 1 aliphatic carbocycles. The number of aryl methyl sites for hydroxylation is 1. The quantitative estimate of drug-likeness (QED) is 0.619. The molecule has 0 N–H and O–H groups in total. The molecule has 1 fully saturated rings. The summed E-state index contributed by atoms with van der Waals surface area (Å²) >= 11 is 0. The monoisotopic (exact) mass is 383 g/mol. The molecular weight excluding hydrogens is 361 g/mol. The molecule has 0 bridgehead atoms. The highest BCUT2D eigenvalue weighted by Gasteiger charge is 2.36. The fraction of sp³-hybridized carbons (Fsp3) is 0.318. The molecule has 1 heterocycles. The van der Waals surface area contributed by atoms with E-state index in [0.29, 0.717) is 29.0 Å². The Labute approximate surface area is 162 Å². The number of hydrogen-bond donors (Lipinski definition) is 0. The van der Waals surface area contributed by atoms with Gasteiger partial charge in [0, 0.05) is 22.6 Å². The second-order valence-electron chi connectivity index (χ2n) is 7.01. The van der Waals surface area contributed by atoms with Crippen molar-refractivity contribution in [2.24, 2.45) is 0 Å². The third-order valence-corrected chi connectivity index (χ3v) is 5.19. The van der Waals surface area contributed by atoms with Gasteiger partial charge in [-0.15, -0.1) is 0 Å². The minimum atomic E-state index is -0.466. The molecule has 3 aromatic rings. The number of carbonyl (C=O) groups is 1. The molecular formula is C22H22FNO4. The molecule has 0 atom stereocenters. The zero-order chi connectivity index (χ0) is 19.8. The van der Waals surface area contributed by atoms with Crippen LogP contribution >= 0.6 is 0 Å². The number of halogens is 1. The average Bonchev–Trinajstić information content (AvgIpc) is 3.49. The van der Waals surface area contributed by atoms with Crippen molar-refractivity contribution in [2.45, 2.75) is 32.4 Å². The third-order valence-electron chi connectivity index (χ3n) is 5.19. The number of methoxy groups -OCH3 is 2. The lowest BCUT2D eigenvalue weighted by atomic mass is 10.1. The molecule has 28 heavy (non-hydrogen) atoms. The third kappa shape index (κ3) is 3.19. The molecule has 0 spiro atoms. The van der Waals surface area contributed by atoms with Crippen molar-refractivity contribution >= 4 is 16.9 Å². The molecule has 6 heteroatoms. The molecule has 1 saturated carbocycles. The van der Waals surface area contributed by atoms with Crippen LogP contribution in [0.1, 0.15) is 34.5 Å². The van der Waals surface area contributed by atoms with Crippen LogP contribution in [0.3, 0.4) is 0 Å². The fourth-order valence-electron chi connectivity index (χ4n) is 3.49. The maximum absolute atomic E-state index is 14.1. The molecule has 0 saturated heterocycles. The number of rotatable bonds is 6. The van der Waals surface area contributed by atoms with E-state index in [1.54, 1.807) is 38.2 Å². The zero-order valence-corrected chi connectivity index (χ0v) is 16.1. The Balaban J connectivity index is 1.71. The molecule has 0 unspecified atom stereocenters. The minimum absolute atomic E-state index is 0.123. The molecule has 4 rings (SSSR count). The van der Waals surface area contributed by atoms with Gasteiger partial charge in [-0.1, -0.05) is 12.1 Å². The summed E-state index contributed by atoms with van der Waals surface area (Å²) < 4.78 is 30.5. The number of furan rings is 1. The number of carbonyl (C=O) groups excluding carboxylic acids is 1. The lowest BCUT2D eigenvalue weighted by Crippen LogP contribution is -2.33. The number of hydrogen-bond acceptors (Lipinski definition) is 4. The summed E-state index contributed by atoms with van der Waals surface area (Å²) in [6.07, 6.45) is 1.87. The van der Waals surface area contributed by atoms with Gasteiger partial charge in [-0.05, 0) is 44.0 Å². The Kier molecular flexibility index (Phi) is 4.71. The van der Waals surface area contributed by atoms with Gasteiger partial charge in [-0.2, -0.15) is 0 Å². The van der Waals surface area contributed by atoms with E-state index >= 15 is 0 Å². The largest absolute Gasteiger partial charge is 0.497 e. The number of ether oxygens (including phenoxy) is 2. The Hall–Kier alpha value is -3.02. The average molecular weight is 383 g/mol. The van der Waals surface area contributed by atoms with E-state index in [4.69, 9.17) is 13.9 Å². The second-order valence-corrected chi connectivity index (χ2v) is 7.01. The van der Waals surface area contributed by atoms with Gasteiger partial charge in [-0.3, -0.25) is 4.79 Å². The van der Waals surface area contributed by atoms with Crippen LogP contribution in [-0.2, 0) is 6.54 Å². The molecule has 1 aromatic heterocycles. The van der Waals surface area contributed by atoms with Crippen LogP contribution < -0.4 is 9.47 Å². The van der Waals surface area contributed by atoms with Crippen molar-refractivity contribution in [2.75, 3.05) is 14.2 Å². The number of benzene rings is 2. The van der Waals surface area contributed by atoms with E-state index < -0.39 is 5.82 Å². The zero-order valence-electron chi connectivity index (χ0n) is 16.1. The maximum Gasteiger partial charge on any atom is 0.290 e. The van der Waals surface area contributed by atoms with Crippen LogP contribution in [0, 0.1) is 12.7 Å². The summed E-state index contributed by atoms with van der Waals surface area (Å²) in [5.74, 6) is 0.869. The molecule has 1 amide bonds. The lowest BCUT2D eigenvalue weighted by molar-refractivity contribution is 0.0697. The Morgan fingerprint density at radius 2 is 2.00 bits per heavy atom. The second kappa shape index (κ2) is 7.19. The summed E-state index contributed by atoms with van der Waals surface area (Å²) in [5.41, 5.74) is 1.63. The van der Waals surface area contributed by atoms with Crippen LogP contribution in [-0.4, -0.2) is 31.1 Å². The normalized spacial score (nSPS) is 13.6. The van der Waals surface area contributed by atoms with Crippen LogP contribution in [0.4, 0.5) is 4.39 Å². The van der Waals surface area contributed by atoms with Gasteiger partial charge in [-0.25, -0.2) is 4.39 Å². The smallest absolute Gasteiger partial charge is 0.290 e. The molecule has 2 aromatic carbocycles. The van der Waals surface area contributed by atoms with E-state index in [9.17, 15) is 9.18 Å². The van der Waals surface area contributed by atoms with Gasteiger partial charge < -0.3 is 18.8 Å². The van der Waals surface area contributed by atoms with Crippen LogP contribution in [0.25, 0.3) is 11.0 Å². The summed E-state index contributed by atoms with van der Waals surface area (Å²) in [6.45, 7) is 2.15. The predicted molar refractivity (Wildman–Crippen MR) is 103 cm³/mol. The van der Waals surface area contributed by atoms with E-state index in [1.165, 1.54) is 6.07 Å². The number of para-hydroxylation sites is 1. The Bertz CT molecular complexity index is 1040. The van der Waals surface area contributed by atoms with E-state index in [-0.39, 0.29) is 23.3 Å². The van der Waals surface area contributed by atoms with Crippen molar-refractivity contribution in [3.8, 4) is 11.5 Å². The SMILES string of the molecule is COc1ccc(OC)c(CN(C(=O)c2oc3c(F)cccc3c2C)C2CC2)c1. The van der Waals surface area contributed by atoms with Gasteiger partial charge in [0.2, 0.25) is 0 Å². The first kappa shape index (κ1) is 18.3. The minimum Gasteiger partial charge on any atom is -0.497 e. The molecule has 5 nitrogen and oxygen atoms in total. The van der Waals surface area contributed by atoms with Crippen molar-refractivity contribution in [1.82, 2.24) is 4.90 Å².